The molecule has 3 heterocycles. The van der Waals surface area contributed by atoms with E-state index in [0.29, 0.717) is 38.0 Å². The lowest BCUT2D eigenvalue weighted by Gasteiger charge is -2.31. The highest BCUT2D eigenvalue weighted by atomic mass is 32.2. The van der Waals surface area contributed by atoms with E-state index in [4.69, 9.17) is 4.74 Å². The van der Waals surface area contributed by atoms with E-state index >= 15 is 0 Å². The molecule has 1 unspecified atom stereocenters. The van der Waals surface area contributed by atoms with Crippen LogP contribution in [0.15, 0.2) is 42.9 Å². The van der Waals surface area contributed by atoms with Crippen LogP contribution in [0.3, 0.4) is 0 Å². The Labute approximate surface area is 157 Å². The Morgan fingerprint density at radius 1 is 1.26 bits per heavy atom. The number of rotatable bonds is 5. The van der Waals surface area contributed by atoms with Crippen molar-refractivity contribution >= 4 is 27.0 Å². The first-order valence-electron chi connectivity index (χ1n) is 8.57. The molecule has 0 spiro atoms. The molecular formula is C17H20N6O3S. The molecule has 0 amide bonds. The summed E-state index contributed by atoms with van der Waals surface area (Å²) in [6.45, 7) is 1.49. The van der Waals surface area contributed by atoms with Crippen molar-refractivity contribution in [2.75, 3.05) is 37.8 Å². The maximum absolute atomic E-state index is 11.7. The van der Waals surface area contributed by atoms with Crippen LogP contribution in [0.25, 0.3) is 16.9 Å². The molecule has 1 aromatic carbocycles. The van der Waals surface area contributed by atoms with E-state index in [1.54, 1.807) is 12.5 Å². The molecule has 10 heteroatoms. The Kier molecular flexibility index (Phi) is 4.77. The summed E-state index contributed by atoms with van der Waals surface area (Å²) in [7, 11) is -3.21. The molecule has 4 rings (SSSR count). The van der Waals surface area contributed by atoms with Crippen LogP contribution in [0, 0.1) is 0 Å². The molecule has 1 atom stereocenters. The van der Waals surface area contributed by atoms with Gasteiger partial charge in [0.1, 0.15) is 12.1 Å². The van der Waals surface area contributed by atoms with Gasteiger partial charge in [-0.05, 0) is 18.2 Å². The maximum Gasteiger partial charge on any atom is 0.224 e. The van der Waals surface area contributed by atoms with Crippen LogP contribution in [0.4, 0.5) is 5.95 Å². The summed E-state index contributed by atoms with van der Waals surface area (Å²) in [5, 5.41) is 3.13. The Hall–Kier alpha value is -2.56. The SMILES string of the molecule is CS(=O)(=O)N1CCOC(CNc2nccc(-n3cnc4ccccc43)n2)C1. The summed E-state index contributed by atoms with van der Waals surface area (Å²) >= 11 is 0. The van der Waals surface area contributed by atoms with Gasteiger partial charge in [0, 0.05) is 25.8 Å². The second-order valence-electron chi connectivity index (χ2n) is 6.34. The van der Waals surface area contributed by atoms with E-state index in [-0.39, 0.29) is 6.10 Å². The third-order valence-electron chi connectivity index (χ3n) is 4.40. The molecule has 2 aromatic heterocycles. The van der Waals surface area contributed by atoms with Gasteiger partial charge in [-0.15, -0.1) is 0 Å². The Morgan fingerprint density at radius 3 is 2.96 bits per heavy atom. The van der Waals surface area contributed by atoms with Crippen molar-refractivity contribution < 1.29 is 13.2 Å². The number of nitrogens with zero attached hydrogens (tertiary/aromatic N) is 5. The number of para-hydroxylation sites is 2. The topological polar surface area (TPSA) is 102 Å². The summed E-state index contributed by atoms with van der Waals surface area (Å²) in [5.74, 6) is 1.15. The predicted octanol–water partition coefficient (Wildman–Crippen LogP) is 0.888. The predicted molar refractivity (Wildman–Crippen MR) is 101 cm³/mol. The van der Waals surface area contributed by atoms with Crippen LogP contribution < -0.4 is 5.32 Å². The molecule has 1 fully saturated rings. The van der Waals surface area contributed by atoms with Crippen LogP contribution in [-0.4, -0.2) is 70.8 Å². The molecule has 0 saturated carbocycles. The number of hydrogen-bond acceptors (Lipinski definition) is 7. The van der Waals surface area contributed by atoms with E-state index in [1.165, 1.54) is 10.6 Å². The highest BCUT2D eigenvalue weighted by Gasteiger charge is 2.26. The Morgan fingerprint density at radius 2 is 2.11 bits per heavy atom. The van der Waals surface area contributed by atoms with Gasteiger partial charge >= 0.3 is 0 Å². The standard InChI is InChI=1S/C17H20N6O3S/c1-27(24,25)22-8-9-26-13(11-22)10-19-17-18-7-6-16(21-17)23-12-20-14-4-2-3-5-15(14)23/h2-7,12-13H,8-11H2,1H3,(H,18,19,21). The highest BCUT2D eigenvalue weighted by molar-refractivity contribution is 7.88. The summed E-state index contributed by atoms with van der Waals surface area (Å²) in [6.07, 6.45) is 4.36. The van der Waals surface area contributed by atoms with E-state index in [1.807, 2.05) is 34.9 Å². The number of fused-ring (bicyclic) bond motifs is 1. The molecule has 1 aliphatic heterocycles. The molecule has 0 aliphatic carbocycles. The van der Waals surface area contributed by atoms with Gasteiger partial charge in [-0.2, -0.15) is 9.29 Å². The van der Waals surface area contributed by atoms with Gasteiger partial charge in [0.2, 0.25) is 16.0 Å². The van der Waals surface area contributed by atoms with Gasteiger partial charge < -0.3 is 10.1 Å². The molecule has 1 aliphatic rings. The maximum atomic E-state index is 11.7. The smallest absolute Gasteiger partial charge is 0.224 e. The molecular weight excluding hydrogens is 368 g/mol. The number of morpholine rings is 1. The number of imidazole rings is 1. The van der Waals surface area contributed by atoms with Crippen LogP contribution in [0.2, 0.25) is 0 Å². The van der Waals surface area contributed by atoms with Crippen molar-refractivity contribution in [2.24, 2.45) is 0 Å². The van der Waals surface area contributed by atoms with Gasteiger partial charge in [-0.1, -0.05) is 12.1 Å². The largest absolute Gasteiger partial charge is 0.374 e. The lowest BCUT2D eigenvalue weighted by molar-refractivity contribution is 0.00696. The average Bonchev–Trinajstić information content (AvgIpc) is 3.10. The lowest BCUT2D eigenvalue weighted by Crippen LogP contribution is -2.47. The van der Waals surface area contributed by atoms with Crippen molar-refractivity contribution in [3.05, 3.63) is 42.9 Å². The zero-order chi connectivity index (χ0) is 18.9. The normalized spacial score (nSPS) is 18.6. The quantitative estimate of drug-likeness (QED) is 0.692. The zero-order valence-electron chi connectivity index (χ0n) is 14.8. The minimum Gasteiger partial charge on any atom is -0.374 e. The second-order valence-corrected chi connectivity index (χ2v) is 8.32. The van der Waals surface area contributed by atoms with E-state index in [0.717, 1.165) is 11.0 Å². The average molecular weight is 388 g/mol. The number of sulfonamides is 1. The van der Waals surface area contributed by atoms with Gasteiger partial charge in [-0.3, -0.25) is 4.57 Å². The van der Waals surface area contributed by atoms with Gasteiger partial charge in [0.05, 0.1) is 30.0 Å². The van der Waals surface area contributed by atoms with Crippen molar-refractivity contribution in [1.29, 1.82) is 0 Å². The minimum absolute atomic E-state index is 0.255. The first kappa shape index (κ1) is 17.8. The molecule has 0 bridgehead atoms. The summed E-state index contributed by atoms with van der Waals surface area (Å²) in [6, 6.07) is 9.63. The molecule has 9 nitrogen and oxygen atoms in total. The van der Waals surface area contributed by atoms with Crippen molar-refractivity contribution in [1.82, 2.24) is 23.8 Å². The molecule has 1 saturated heterocycles. The molecule has 1 N–H and O–H groups in total. The monoisotopic (exact) mass is 388 g/mol. The number of nitrogens with one attached hydrogen (secondary N) is 1. The van der Waals surface area contributed by atoms with E-state index in [9.17, 15) is 8.42 Å². The third-order valence-corrected chi connectivity index (χ3v) is 5.67. The molecule has 3 aromatic rings. The van der Waals surface area contributed by atoms with Crippen molar-refractivity contribution in [2.45, 2.75) is 6.10 Å². The van der Waals surface area contributed by atoms with Crippen LogP contribution >= 0.6 is 0 Å². The number of hydrogen-bond donors (Lipinski definition) is 1. The number of ether oxygens (including phenoxy) is 1. The number of benzene rings is 1. The number of anilines is 1. The lowest BCUT2D eigenvalue weighted by atomic mass is 10.3. The van der Waals surface area contributed by atoms with Crippen LogP contribution in [-0.2, 0) is 14.8 Å². The van der Waals surface area contributed by atoms with Crippen LogP contribution in [0.5, 0.6) is 0 Å². The van der Waals surface area contributed by atoms with Gasteiger partial charge in [-0.25, -0.2) is 18.4 Å². The zero-order valence-corrected chi connectivity index (χ0v) is 15.6. The fourth-order valence-corrected chi connectivity index (χ4v) is 3.88. The van der Waals surface area contributed by atoms with Crippen molar-refractivity contribution in [3.63, 3.8) is 0 Å². The summed E-state index contributed by atoms with van der Waals surface area (Å²) in [4.78, 5) is 13.1. The van der Waals surface area contributed by atoms with Crippen molar-refractivity contribution in [3.8, 4) is 5.82 Å². The van der Waals surface area contributed by atoms with E-state index in [2.05, 4.69) is 20.3 Å². The second kappa shape index (κ2) is 7.22. The number of aromatic nitrogens is 4. The molecule has 0 radical (unpaired) electrons. The van der Waals surface area contributed by atoms with Crippen LogP contribution in [0.1, 0.15) is 0 Å². The summed E-state index contributed by atoms with van der Waals surface area (Å²) in [5.41, 5.74) is 1.85. The van der Waals surface area contributed by atoms with E-state index < -0.39 is 10.0 Å². The molecule has 142 valence electrons. The fraction of sp³-hybridized carbons (Fsp3) is 0.353. The third kappa shape index (κ3) is 3.92. The Balaban J connectivity index is 1.47. The molecule has 27 heavy (non-hydrogen) atoms. The van der Waals surface area contributed by atoms with Gasteiger partial charge in [0.25, 0.3) is 0 Å². The first-order chi connectivity index (χ1) is 13.0. The highest BCUT2D eigenvalue weighted by Crippen LogP contribution is 2.17. The Bertz CT molecular complexity index is 1050. The minimum atomic E-state index is -3.21. The summed E-state index contributed by atoms with van der Waals surface area (Å²) < 4.78 is 32.4. The van der Waals surface area contributed by atoms with Gasteiger partial charge in [0.15, 0.2) is 0 Å². The first-order valence-corrected chi connectivity index (χ1v) is 10.4. The fourth-order valence-electron chi connectivity index (χ4n) is 3.03.